The standard InChI is InChI=1S/C21H32O4/c1-6-9-10-11-12-13-19-14-20(24-17(4)22-7-2)16-21(15-19)25-18(5)23-8-3/h14-18H,6-11H2,1-5H3. The highest BCUT2D eigenvalue weighted by Crippen LogP contribution is 2.25. The zero-order chi connectivity index (χ0) is 18.5. The summed E-state index contributed by atoms with van der Waals surface area (Å²) in [6.45, 7) is 11.0. The fourth-order valence-corrected chi connectivity index (χ4v) is 2.33. The van der Waals surface area contributed by atoms with Gasteiger partial charge in [0.1, 0.15) is 11.5 Å². The van der Waals surface area contributed by atoms with Gasteiger partial charge < -0.3 is 18.9 Å². The van der Waals surface area contributed by atoms with Crippen LogP contribution in [0, 0.1) is 11.8 Å². The maximum atomic E-state index is 5.81. The van der Waals surface area contributed by atoms with Crippen molar-refractivity contribution in [1.29, 1.82) is 0 Å². The van der Waals surface area contributed by atoms with Crippen molar-refractivity contribution < 1.29 is 18.9 Å². The van der Waals surface area contributed by atoms with Gasteiger partial charge in [-0.15, -0.1) is 0 Å². The Balaban J connectivity index is 2.88. The highest BCUT2D eigenvalue weighted by molar-refractivity contribution is 5.46. The van der Waals surface area contributed by atoms with Gasteiger partial charge in [-0.25, -0.2) is 0 Å². The summed E-state index contributed by atoms with van der Waals surface area (Å²) in [6.07, 6.45) is 3.80. The van der Waals surface area contributed by atoms with E-state index in [0.717, 1.165) is 18.4 Å². The van der Waals surface area contributed by atoms with Crippen LogP contribution < -0.4 is 9.47 Å². The van der Waals surface area contributed by atoms with Gasteiger partial charge >= 0.3 is 0 Å². The molecule has 0 N–H and O–H groups in total. The Bertz CT molecular complexity index is 512. The Labute approximate surface area is 152 Å². The molecule has 1 rings (SSSR count). The fraction of sp³-hybridized carbons (Fsp3) is 0.619. The van der Waals surface area contributed by atoms with E-state index in [-0.39, 0.29) is 12.6 Å². The average Bonchev–Trinajstić information content (AvgIpc) is 2.54. The van der Waals surface area contributed by atoms with Crippen LogP contribution >= 0.6 is 0 Å². The smallest absolute Gasteiger partial charge is 0.196 e. The number of hydrogen-bond acceptors (Lipinski definition) is 4. The predicted molar refractivity (Wildman–Crippen MR) is 101 cm³/mol. The normalized spacial score (nSPS) is 12.8. The van der Waals surface area contributed by atoms with Crippen molar-refractivity contribution in [2.24, 2.45) is 0 Å². The molecule has 0 fully saturated rings. The summed E-state index contributed by atoms with van der Waals surface area (Å²) < 4.78 is 22.5. The Morgan fingerprint density at radius 1 is 0.840 bits per heavy atom. The van der Waals surface area contributed by atoms with E-state index in [1.807, 2.05) is 45.9 Å². The number of hydrogen-bond donors (Lipinski definition) is 0. The molecule has 0 saturated carbocycles. The number of unbranched alkanes of at least 4 members (excludes halogenated alkanes) is 3. The zero-order valence-corrected chi connectivity index (χ0v) is 16.3. The lowest BCUT2D eigenvalue weighted by Gasteiger charge is -2.18. The minimum atomic E-state index is -0.324. The molecular weight excluding hydrogens is 316 g/mol. The third kappa shape index (κ3) is 9.38. The van der Waals surface area contributed by atoms with Crippen molar-refractivity contribution in [2.75, 3.05) is 13.2 Å². The first kappa shape index (κ1) is 21.3. The Kier molecular flexibility index (Phi) is 10.8. The van der Waals surface area contributed by atoms with Gasteiger partial charge in [0.05, 0.1) is 0 Å². The van der Waals surface area contributed by atoms with Crippen molar-refractivity contribution in [1.82, 2.24) is 0 Å². The molecule has 0 bridgehead atoms. The van der Waals surface area contributed by atoms with Gasteiger partial charge in [-0.2, -0.15) is 0 Å². The molecule has 140 valence electrons. The summed E-state index contributed by atoms with van der Waals surface area (Å²) in [5.41, 5.74) is 0.872. The van der Waals surface area contributed by atoms with Gasteiger partial charge in [0.25, 0.3) is 0 Å². The Morgan fingerprint density at radius 3 is 1.88 bits per heavy atom. The molecular formula is C21H32O4. The molecule has 1 aromatic rings. The molecule has 0 aliphatic rings. The van der Waals surface area contributed by atoms with Gasteiger partial charge in [0.2, 0.25) is 0 Å². The molecule has 0 heterocycles. The van der Waals surface area contributed by atoms with Crippen molar-refractivity contribution in [2.45, 2.75) is 72.9 Å². The number of ether oxygens (including phenoxy) is 4. The van der Waals surface area contributed by atoms with Crippen LogP contribution in [0.15, 0.2) is 18.2 Å². The lowest BCUT2D eigenvalue weighted by atomic mass is 10.1. The van der Waals surface area contributed by atoms with E-state index in [0.29, 0.717) is 24.7 Å². The Morgan fingerprint density at radius 2 is 1.40 bits per heavy atom. The molecule has 0 saturated heterocycles. The van der Waals surface area contributed by atoms with E-state index in [1.165, 1.54) is 12.8 Å². The quantitative estimate of drug-likeness (QED) is 0.315. The summed E-state index contributed by atoms with van der Waals surface area (Å²) >= 11 is 0. The molecule has 2 unspecified atom stereocenters. The van der Waals surface area contributed by atoms with Crippen molar-refractivity contribution in [3.8, 4) is 23.3 Å². The summed E-state index contributed by atoms with van der Waals surface area (Å²) in [7, 11) is 0. The molecule has 0 spiro atoms. The van der Waals surface area contributed by atoms with Gasteiger partial charge in [-0.3, -0.25) is 0 Å². The molecule has 4 heteroatoms. The second-order valence-electron chi connectivity index (χ2n) is 5.73. The van der Waals surface area contributed by atoms with Crippen molar-refractivity contribution >= 4 is 0 Å². The summed E-state index contributed by atoms with van der Waals surface area (Å²) in [5, 5.41) is 0. The van der Waals surface area contributed by atoms with Crippen LogP contribution in [0.1, 0.15) is 65.9 Å². The van der Waals surface area contributed by atoms with Gasteiger partial charge in [-0.1, -0.05) is 31.6 Å². The first-order chi connectivity index (χ1) is 12.1. The molecule has 1 aromatic carbocycles. The minimum Gasteiger partial charge on any atom is -0.465 e. The second-order valence-corrected chi connectivity index (χ2v) is 5.73. The summed E-state index contributed by atoms with van der Waals surface area (Å²) in [6, 6.07) is 5.67. The average molecular weight is 348 g/mol. The number of rotatable bonds is 11. The first-order valence-electron chi connectivity index (χ1n) is 9.29. The lowest BCUT2D eigenvalue weighted by Crippen LogP contribution is -2.17. The zero-order valence-electron chi connectivity index (χ0n) is 16.3. The molecule has 0 radical (unpaired) electrons. The van der Waals surface area contributed by atoms with E-state index in [4.69, 9.17) is 18.9 Å². The van der Waals surface area contributed by atoms with Gasteiger partial charge in [0, 0.05) is 31.3 Å². The molecule has 25 heavy (non-hydrogen) atoms. The van der Waals surface area contributed by atoms with Crippen LogP contribution in [0.4, 0.5) is 0 Å². The van der Waals surface area contributed by atoms with Crippen LogP contribution in [0.25, 0.3) is 0 Å². The highest BCUT2D eigenvalue weighted by Gasteiger charge is 2.09. The number of benzene rings is 1. The van der Waals surface area contributed by atoms with E-state index in [1.54, 1.807) is 0 Å². The summed E-state index contributed by atoms with van der Waals surface area (Å²) in [4.78, 5) is 0. The van der Waals surface area contributed by atoms with Crippen LogP contribution in [0.2, 0.25) is 0 Å². The van der Waals surface area contributed by atoms with Gasteiger partial charge in [0.15, 0.2) is 12.6 Å². The molecule has 4 nitrogen and oxygen atoms in total. The first-order valence-corrected chi connectivity index (χ1v) is 9.29. The van der Waals surface area contributed by atoms with E-state index < -0.39 is 0 Å². The molecule has 0 aliphatic heterocycles. The fourth-order valence-electron chi connectivity index (χ4n) is 2.33. The summed E-state index contributed by atoms with van der Waals surface area (Å²) in [5.74, 6) is 7.79. The van der Waals surface area contributed by atoms with Crippen molar-refractivity contribution in [3.63, 3.8) is 0 Å². The van der Waals surface area contributed by atoms with Crippen LogP contribution in [0.5, 0.6) is 11.5 Å². The van der Waals surface area contributed by atoms with Gasteiger partial charge in [-0.05, 0) is 46.2 Å². The maximum Gasteiger partial charge on any atom is 0.196 e. The lowest BCUT2D eigenvalue weighted by molar-refractivity contribution is -0.0650. The van der Waals surface area contributed by atoms with E-state index in [9.17, 15) is 0 Å². The predicted octanol–water partition coefficient (Wildman–Crippen LogP) is 5.14. The molecule has 0 amide bonds. The van der Waals surface area contributed by atoms with Crippen LogP contribution in [0.3, 0.4) is 0 Å². The van der Waals surface area contributed by atoms with E-state index >= 15 is 0 Å². The van der Waals surface area contributed by atoms with Crippen LogP contribution in [-0.2, 0) is 9.47 Å². The maximum absolute atomic E-state index is 5.81. The van der Waals surface area contributed by atoms with Crippen LogP contribution in [-0.4, -0.2) is 25.8 Å². The molecule has 0 aromatic heterocycles. The third-order valence-electron chi connectivity index (χ3n) is 3.42. The second kappa shape index (κ2) is 12.6. The highest BCUT2D eigenvalue weighted by atomic mass is 16.7. The SMILES string of the molecule is CCCCCC#Cc1cc(OC(C)OCC)cc(OC(C)OCC)c1. The molecule has 0 aliphatic carbocycles. The monoisotopic (exact) mass is 348 g/mol. The Hall–Kier alpha value is -1.70. The third-order valence-corrected chi connectivity index (χ3v) is 3.42. The van der Waals surface area contributed by atoms with Crippen molar-refractivity contribution in [3.05, 3.63) is 23.8 Å². The molecule has 2 atom stereocenters. The minimum absolute atomic E-state index is 0.324. The topological polar surface area (TPSA) is 36.9 Å². The largest absolute Gasteiger partial charge is 0.465 e. The van der Waals surface area contributed by atoms with E-state index in [2.05, 4.69) is 18.8 Å².